The maximum atomic E-state index is 13.7. The third-order valence-electron chi connectivity index (χ3n) is 8.72. The molecule has 5 heterocycles. The molecule has 2 amide bonds. The number of alkyl halides is 2. The van der Waals surface area contributed by atoms with Gasteiger partial charge in [-0.25, -0.2) is 10.0 Å². The number of benzene rings is 1. The van der Waals surface area contributed by atoms with Gasteiger partial charge in [0.1, 0.15) is 18.0 Å². The van der Waals surface area contributed by atoms with Crippen LogP contribution < -0.4 is 10.1 Å². The number of amides is 2. The highest BCUT2D eigenvalue weighted by molar-refractivity contribution is 7.99. The number of nitrogens with zero attached hydrogens (tertiary/aromatic N) is 7. The van der Waals surface area contributed by atoms with Crippen molar-refractivity contribution in [1.29, 1.82) is 0 Å². The van der Waals surface area contributed by atoms with Crippen LogP contribution in [0.2, 0.25) is 0 Å². The monoisotopic (exact) mass is 670 g/mol. The first-order valence-electron chi connectivity index (χ1n) is 15.7. The van der Waals surface area contributed by atoms with Gasteiger partial charge in [0, 0.05) is 60.5 Å². The average Bonchev–Trinajstić information content (AvgIpc) is 3.56. The summed E-state index contributed by atoms with van der Waals surface area (Å²) in [6.45, 7) is 3.96. The molecular formula is C32H40F2N8O4S. The maximum absolute atomic E-state index is 13.7. The Kier molecular flexibility index (Phi) is 9.96. The molecule has 1 aromatic heterocycles. The quantitative estimate of drug-likeness (QED) is 0.357. The molecule has 0 atom stereocenters. The summed E-state index contributed by atoms with van der Waals surface area (Å²) in [5, 5.41) is 11.5. The van der Waals surface area contributed by atoms with E-state index in [1.807, 2.05) is 37.0 Å². The van der Waals surface area contributed by atoms with Gasteiger partial charge in [-0.3, -0.25) is 24.2 Å². The molecule has 0 unspecified atom stereocenters. The summed E-state index contributed by atoms with van der Waals surface area (Å²) in [6, 6.07) is 5.74. The summed E-state index contributed by atoms with van der Waals surface area (Å²) in [5.74, 6) is -0.118. The van der Waals surface area contributed by atoms with Crippen LogP contribution in [0.4, 0.5) is 14.5 Å². The number of carbonyl (C=O) groups is 2. The molecule has 47 heavy (non-hydrogen) atoms. The number of aliphatic imine (C=N–C) groups is 1. The Hall–Kier alpha value is -3.79. The van der Waals surface area contributed by atoms with Gasteiger partial charge < -0.3 is 19.7 Å². The number of thioether (sulfide) groups is 1. The maximum Gasteiger partial charge on any atom is 0.387 e. The number of likely N-dealkylation sites (N-methyl/N-ethyl adjacent to an activating group) is 2. The molecule has 0 saturated carbocycles. The Balaban J connectivity index is 1.28. The van der Waals surface area contributed by atoms with Gasteiger partial charge in [-0.1, -0.05) is 13.8 Å². The Morgan fingerprint density at radius 1 is 1.19 bits per heavy atom. The van der Waals surface area contributed by atoms with Gasteiger partial charge in [0.2, 0.25) is 5.91 Å². The number of nitrogens with one attached hydrogen (secondary N) is 1. The van der Waals surface area contributed by atoms with E-state index in [1.54, 1.807) is 47.4 Å². The molecular weight excluding hydrogens is 630 g/mol. The fourth-order valence-corrected chi connectivity index (χ4v) is 7.03. The van der Waals surface area contributed by atoms with Crippen LogP contribution in [-0.2, 0) is 20.9 Å². The molecule has 2 aromatic rings. The molecule has 2 fully saturated rings. The van der Waals surface area contributed by atoms with E-state index in [0.717, 1.165) is 31.0 Å². The van der Waals surface area contributed by atoms with Gasteiger partial charge in [0.05, 0.1) is 37.1 Å². The van der Waals surface area contributed by atoms with Crippen LogP contribution in [0.25, 0.3) is 11.3 Å². The van der Waals surface area contributed by atoms with E-state index >= 15 is 0 Å². The number of hydrogen-bond donors (Lipinski definition) is 1. The molecule has 0 bridgehead atoms. The van der Waals surface area contributed by atoms with Crippen molar-refractivity contribution in [2.75, 3.05) is 52.3 Å². The van der Waals surface area contributed by atoms with E-state index in [9.17, 15) is 18.4 Å². The van der Waals surface area contributed by atoms with Crippen molar-refractivity contribution in [3.8, 4) is 17.0 Å². The standard InChI is InChI=1S/C32H40F2N8O4S/c1-20(2)47-23-6-7-27(46-32(33)34)24(14-23)29-26(36-31(44)25-15-38(3)42-11-5-10-35-30(25)42)16-41(37-29)17-28(43)40-12-8-21(9-13-40)39(4)22-18-45-19-22/h5-7,10-11,14,16,20-22,32H,8-9,12-13,15,17-19H2,1-4H3,(H,36,44). The summed E-state index contributed by atoms with van der Waals surface area (Å²) < 4.78 is 38.8. The van der Waals surface area contributed by atoms with E-state index in [1.165, 1.54) is 10.7 Å². The number of carbonyl (C=O) groups excluding carboxylic acids is 2. The number of fused-ring (bicyclic) bond motifs is 1. The normalized spacial score (nSPS) is 18.9. The molecule has 252 valence electrons. The fourth-order valence-electron chi connectivity index (χ4n) is 6.15. The minimum atomic E-state index is -3.07. The van der Waals surface area contributed by atoms with Gasteiger partial charge in [-0.05, 0) is 44.2 Å². The van der Waals surface area contributed by atoms with Crippen molar-refractivity contribution in [2.45, 2.75) is 62.1 Å². The van der Waals surface area contributed by atoms with E-state index in [0.29, 0.717) is 43.1 Å². The number of hydrogen-bond acceptors (Lipinski definition) is 10. The second kappa shape index (κ2) is 14.1. The van der Waals surface area contributed by atoms with Gasteiger partial charge in [0.25, 0.3) is 5.91 Å². The number of piperidine rings is 1. The molecule has 1 aromatic carbocycles. The van der Waals surface area contributed by atoms with Crippen LogP contribution in [0, 0.1) is 0 Å². The highest BCUT2D eigenvalue weighted by atomic mass is 32.2. The van der Waals surface area contributed by atoms with Gasteiger partial charge >= 0.3 is 6.61 Å². The van der Waals surface area contributed by atoms with Crippen LogP contribution in [-0.4, -0.2) is 119 Å². The first kappa shape index (κ1) is 33.1. The van der Waals surface area contributed by atoms with Crippen molar-refractivity contribution in [3.63, 3.8) is 0 Å². The van der Waals surface area contributed by atoms with Crippen molar-refractivity contribution in [3.05, 3.63) is 48.1 Å². The van der Waals surface area contributed by atoms with Gasteiger partial charge in [-0.15, -0.1) is 11.8 Å². The topological polar surface area (TPSA) is 108 Å². The SMILES string of the molecule is CC(C)Sc1ccc(OC(F)F)c(-c2nn(CC(=O)N3CCC(N(C)C4COC4)CC3)cc2NC(=O)C2=C3N=CC=CN3N(C)C2)c1. The molecule has 4 aliphatic rings. The zero-order chi connectivity index (χ0) is 33.2. The molecule has 4 aliphatic heterocycles. The van der Waals surface area contributed by atoms with Crippen LogP contribution >= 0.6 is 11.8 Å². The predicted molar refractivity (Wildman–Crippen MR) is 175 cm³/mol. The van der Waals surface area contributed by atoms with Crippen molar-refractivity contribution in [1.82, 2.24) is 29.6 Å². The van der Waals surface area contributed by atoms with Crippen molar-refractivity contribution < 1.29 is 27.8 Å². The molecule has 12 nitrogen and oxygen atoms in total. The van der Waals surface area contributed by atoms with Gasteiger partial charge in [0.15, 0.2) is 5.82 Å². The Labute approximate surface area is 277 Å². The van der Waals surface area contributed by atoms with E-state index in [2.05, 4.69) is 27.4 Å². The smallest absolute Gasteiger partial charge is 0.387 e. The Morgan fingerprint density at radius 2 is 1.96 bits per heavy atom. The van der Waals surface area contributed by atoms with Crippen LogP contribution in [0.1, 0.15) is 26.7 Å². The first-order valence-corrected chi connectivity index (χ1v) is 16.6. The van der Waals surface area contributed by atoms with Crippen molar-refractivity contribution >= 4 is 35.5 Å². The summed E-state index contributed by atoms with van der Waals surface area (Å²) in [4.78, 5) is 36.6. The lowest BCUT2D eigenvalue weighted by Gasteiger charge is -2.43. The van der Waals surface area contributed by atoms with Crippen molar-refractivity contribution in [2.24, 2.45) is 4.99 Å². The summed E-state index contributed by atoms with van der Waals surface area (Å²) in [7, 11) is 3.96. The highest BCUT2D eigenvalue weighted by Gasteiger charge is 2.34. The number of ether oxygens (including phenoxy) is 2. The molecule has 1 N–H and O–H groups in total. The van der Waals surface area contributed by atoms with Crippen LogP contribution in [0.15, 0.2) is 58.0 Å². The summed E-state index contributed by atoms with van der Waals surface area (Å²) >= 11 is 1.56. The largest absolute Gasteiger partial charge is 0.434 e. The minimum absolute atomic E-state index is 0.0785. The van der Waals surface area contributed by atoms with Crippen LogP contribution in [0.3, 0.4) is 0 Å². The summed E-state index contributed by atoms with van der Waals surface area (Å²) in [6.07, 6.45) is 8.49. The Morgan fingerprint density at radius 3 is 2.64 bits per heavy atom. The zero-order valence-corrected chi connectivity index (χ0v) is 27.8. The number of aromatic nitrogens is 2. The number of allylic oxidation sites excluding steroid dienone is 1. The fraction of sp³-hybridized carbons (Fsp3) is 0.500. The second-order valence-corrected chi connectivity index (χ2v) is 13.9. The van der Waals surface area contributed by atoms with E-state index < -0.39 is 12.5 Å². The number of hydrazine groups is 1. The molecule has 0 spiro atoms. The average molecular weight is 671 g/mol. The molecule has 15 heteroatoms. The lowest BCUT2D eigenvalue weighted by atomic mass is 10.0. The number of anilines is 1. The van der Waals surface area contributed by atoms with Crippen LogP contribution in [0.5, 0.6) is 5.75 Å². The minimum Gasteiger partial charge on any atom is -0.434 e. The number of rotatable bonds is 11. The molecule has 2 saturated heterocycles. The summed E-state index contributed by atoms with van der Waals surface area (Å²) in [5.41, 5.74) is 1.19. The zero-order valence-electron chi connectivity index (χ0n) is 26.9. The number of halogens is 2. The second-order valence-electron chi connectivity index (χ2n) is 12.3. The van der Waals surface area contributed by atoms with E-state index in [-0.39, 0.29) is 40.4 Å². The Bertz CT molecular complexity index is 1580. The molecule has 0 radical (unpaired) electrons. The lowest BCUT2D eigenvalue weighted by Crippen LogP contribution is -2.54. The number of likely N-dealkylation sites (tertiary alicyclic amines) is 1. The first-order chi connectivity index (χ1) is 22.6. The third kappa shape index (κ3) is 7.37. The lowest BCUT2D eigenvalue weighted by molar-refractivity contribution is -0.134. The third-order valence-corrected chi connectivity index (χ3v) is 9.71. The van der Waals surface area contributed by atoms with Gasteiger partial charge in [-0.2, -0.15) is 13.9 Å². The molecule has 0 aliphatic carbocycles. The van der Waals surface area contributed by atoms with E-state index in [4.69, 9.17) is 9.47 Å². The highest BCUT2D eigenvalue weighted by Crippen LogP contribution is 2.39. The molecule has 6 rings (SSSR count). The predicted octanol–water partition coefficient (Wildman–Crippen LogP) is 3.88.